The van der Waals surface area contributed by atoms with Gasteiger partial charge in [-0.15, -0.1) is 11.6 Å². The molecule has 0 unspecified atom stereocenters. The monoisotopic (exact) mass is 648 g/mol. The van der Waals surface area contributed by atoms with Gasteiger partial charge < -0.3 is 24.8 Å². The Hall–Kier alpha value is -1.40. The number of benzene rings is 2. The van der Waals surface area contributed by atoms with Crippen molar-refractivity contribution in [3.63, 3.8) is 0 Å². The summed E-state index contributed by atoms with van der Waals surface area (Å²) < 4.78 is 1.51. The van der Waals surface area contributed by atoms with E-state index in [1.165, 1.54) is 64.4 Å². The fourth-order valence-electron chi connectivity index (χ4n) is 6.15. The SMILES string of the molecule is CC(C)(C)c1cc[cH-]c1.CC1=[C-]C(C)(C)c2cc3c(cc21)-c1cc2c(cc1C3)C(C)(C)C=C2C.C[C](C)=[Zr+2].[Cl-].[Cl-]. The minimum absolute atomic E-state index is 0. The number of halogens is 2. The van der Waals surface area contributed by atoms with Crippen molar-refractivity contribution >= 4 is 14.4 Å². The minimum atomic E-state index is 0. The van der Waals surface area contributed by atoms with E-state index >= 15 is 0 Å². The van der Waals surface area contributed by atoms with Gasteiger partial charge in [-0.1, -0.05) is 84.4 Å². The van der Waals surface area contributed by atoms with Crippen molar-refractivity contribution in [2.24, 2.45) is 0 Å². The molecule has 3 aromatic rings. The molecule has 3 heteroatoms. The van der Waals surface area contributed by atoms with E-state index in [9.17, 15) is 0 Å². The molecule has 40 heavy (non-hydrogen) atoms. The molecule has 0 aliphatic heterocycles. The third-order valence-electron chi connectivity index (χ3n) is 7.96. The maximum Gasteiger partial charge on any atom is -1.00 e. The van der Waals surface area contributed by atoms with E-state index in [1.807, 2.05) is 0 Å². The molecular weight excluding hydrogens is 607 g/mol. The molecule has 3 aromatic carbocycles. The Bertz CT molecular complexity index is 1370. The first-order chi connectivity index (χ1) is 17.5. The van der Waals surface area contributed by atoms with Gasteiger partial charge in [0.25, 0.3) is 0 Å². The van der Waals surface area contributed by atoms with Crippen LogP contribution in [0.5, 0.6) is 0 Å². The van der Waals surface area contributed by atoms with Crippen molar-refractivity contribution in [3.8, 4) is 11.1 Å². The molecule has 0 aromatic heterocycles. The Kier molecular flexibility index (Phi) is 10.8. The van der Waals surface area contributed by atoms with Crippen LogP contribution in [-0.2, 0) is 46.9 Å². The zero-order chi connectivity index (χ0) is 28.2. The van der Waals surface area contributed by atoms with Crippen molar-refractivity contribution in [3.05, 3.63) is 99.6 Å². The molecule has 0 N–H and O–H groups in total. The molecule has 3 aliphatic rings. The summed E-state index contributed by atoms with van der Waals surface area (Å²) in [5, 5.41) is 0. The van der Waals surface area contributed by atoms with Gasteiger partial charge in [-0.25, -0.2) is 11.6 Å². The Morgan fingerprint density at radius 3 is 1.85 bits per heavy atom. The van der Waals surface area contributed by atoms with Crippen molar-refractivity contribution in [2.75, 3.05) is 0 Å². The number of rotatable bonds is 0. The average molecular weight is 651 g/mol. The molecule has 3 aliphatic carbocycles. The van der Waals surface area contributed by atoms with Gasteiger partial charge in [0.1, 0.15) is 0 Å². The normalized spacial score (nSPS) is 16.2. The van der Waals surface area contributed by atoms with Crippen LogP contribution in [0.25, 0.3) is 22.3 Å². The maximum atomic E-state index is 3.65. The van der Waals surface area contributed by atoms with Gasteiger partial charge >= 0.3 is 41.3 Å². The van der Waals surface area contributed by atoms with Crippen molar-refractivity contribution in [1.82, 2.24) is 0 Å². The van der Waals surface area contributed by atoms with E-state index in [-0.39, 0.29) is 35.6 Å². The quantitative estimate of drug-likeness (QED) is 0.254. The maximum absolute atomic E-state index is 3.65. The Labute approximate surface area is 271 Å². The van der Waals surface area contributed by atoms with Crippen LogP contribution < -0.4 is 24.8 Å². The summed E-state index contributed by atoms with van der Waals surface area (Å²) in [4.78, 5) is 0. The summed E-state index contributed by atoms with van der Waals surface area (Å²) in [5.41, 5.74) is 16.3. The van der Waals surface area contributed by atoms with E-state index in [0.29, 0.717) is 5.41 Å². The van der Waals surface area contributed by atoms with Gasteiger partial charge in [-0.05, 0) is 58.4 Å². The van der Waals surface area contributed by atoms with Crippen LogP contribution in [-0.4, -0.2) is 3.21 Å². The minimum Gasteiger partial charge on any atom is -1.00 e. The fourth-order valence-corrected chi connectivity index (χ4v) is 6.15. The molecule has 6 rings (SSSR count). The zero-order valence-corrected chi connectivity index (χ0v) is 30.1. The fraction of sp³-hybridized carbons (Fsp3) is 0.405. The predicted molar refractivity (Wildman–Crippen MR) is 164 cm³/mol. The molecule has 0 radical (unpaired) electrons. The second-order valence-electron chi connectivity index (χ2n) is 13.6. The number of allylic oxidation sites excluding steroid dienone is 4. The van der Waals surface area contributed by atoms with Crippen LogP contribution >= 0.6 is 0 Å². The topological polar surface area (TPSA) is 0 Å². The van der Waals surface area contributed by atoms with E-state index in [0.717, 1.165) is 6.42 Å². The number of fused-ring (bicyclic) bond motifs is 5. The van der Waals surface area contributed by atoms with Gasteiger partial charge in [0, 0.05) is 5.41 Å². The molecule has 212 valence electrons. The first kappa shape index (κ1) is 34.8. The van der Waals surface area contributed by atoms with Gasteiger partial charge in [0.05, 0.1) is 0 Å². The molecule has 0 heterocycles. The van der Waals surface area contributed by atoms with E-state index < -0.39 is 0 Å². The number of hydrogen-bond donors (Lipinski definition) is 0. The van der Waals surface area contributed by atoms with Gasteiger partial charge in [-0.2, -0.15) is 29.3 Å². The van der Waals surface area contributed by atoms with Crippen LogP contribution in [0.2, 0.25) is 0 Å². The van der Waals surface area contributed by atoms with Gasteiger partial charge in [0.15, 0.2) is 0 Å². The second kappa shape index (κ2) is 12.5. The number of hydrogen-bond acceptors (Lipinski definition) is 0. The predicted octanol–water partition coefficient (Wildman–Crippen LogP) is 3.91. The molecule has 0 spiro atoms. The Balaban J connectivity index is 0.000000315. The summed E-state index contributed by atoms with van der Waals surface area (Å²) in [5.74, 6) is 0. The standard InChI is InChI=1S/C25H25.C9H13.C3H6.2ClH.Zr/c1-14-12-24(3,4)22-8-16-7-17-9-23-19(15(2)13-25(23,5)6)11-21(17)20(16)10-18(14)22;1-9(2,3)8-6-4-5-7-8;1-3-2;;;/h8-12H,7H2,1-6H3;4-7H,1-3H3;1-2H3;2*1H;/q2*-1;;;;+2/p-2. The molecule has 0 amide bonds. The molecule has 0 saturated heterocycles. The summed E-state index contributed by atoms with van der Waals surface area (Å²) in [7, 11) is 0. The van der Waals surface area contributed by atoms with Crippen LogP contribution in [0.15, 0.2) is 54.6 Å². The molecule has 0 bridgehead atoms. The van der Waals surface area contributed by atoms with Gasteiger partial charge in [-0.3, -0.25) is 6.08 Å². The zero-order valence-electron chi connectivity index (χ0n) is 26.2. The third-order valence-corrected chi connectivity index (χ3v) is 7.96. The van der Waals surface area contributed by atoms with Crippen LogP contribution in [0.4, 0.5) is 0 Å². The third kappa shape index (κ3) is 6.97. The van der Waals surface area contributed by atoms with Crippen LogP contribution in [0.3, 0.4) is 0 Å². The second-order valence-corrected chi connectivity index (χ2v) is 16.1. The molecule has 0 atom stereocenters. The van der Waals surface area contributed by atoms with Crippen molar-refractivity contribution in [2.45, 2.75) is 98.8 Å². The van der Waals surface area contributed by atoms with Gasteiger partial charge in [0.2, 0.25) is 0 Å². The van der Waals surface area contributed by atoms with E-state index in [2.05, 4.69) is 137 Å². The molecule has 0 saturated carbocycles. The average Bonchev–Trinajstić information content (AvgIpc) is 3.52. The largest absolute Gasteiger partial charge is 1.00 e. The van der Waals surface area contributed by atoms with Crippen LogP contribution in [0.1, 0.15) is 115 Å². The molecule has 0 fully saturated rings. The van der Waals surface area contributed by atoms with E-state index in [1.54, 1.807) is 24.2 Å². The summed E-state index contributed by atoms with van der Waals surface area (Å²) >= 11 is 1.55. The summed E-state index contributed by atoms with van der Waals surface area (Å²) in [6.45, 7) is 24.6. The first-order valence-electron chi connectivity index (χ1n) is 13.9. The van der Waals surface area contributed by atoms with Crippen molar-refractivity contribution < 1.29 is 49.0 Å². The smallest absolute Gasteiger partial charge is 1.00 e. The Morgan fingerprint density at radius 2 is 1.38 bits per heavy atom. The molecule has 0 nitrogen and oxygen atoms in total. The van der Waals surface area contributed by atoms with Crippen LogP contribution in [0, 0.1) is 6.08 Å². The first-order valence-corrected chi connectivity index (χ1v) is 15.2. The van der Waals surface area contributed by atoms with E-state index in [4.69, 9.17) is 0 Å². The Morgan fingerprint density at radius 1 is 0.850 bits per heavy atom. The van der Waals surface area contributed by atoms with Crippen molar-refractivity contribution in [1.29, 1.82) is 0 Å². The summed E-state index contributed by atoms with van der Waals surface area (Å²) in [6, 6.07) is 18.3. The molecular formula is C37H44Cl2Zr-2. The summed E-state index contributed by atoms with van der Waals surface area (Å²) in [6.07, 6.45) is 7.13.